The van der Waals surface area contributed by atoms with Crippen molar-refractivity contribution >= 4 is 16.3 Å². The molecule has 0 amide bonds. The highest BCUT2D eigenvalue weighted by atomic mass is 14.9. The Morgan fingerprint density at radius 2 is 1.89 bits per heavy atom. The van der Waals surface area contributed by atoms with E-state index in [-0.39, 0.29) is 0 Å². The Morgan fingerprint density at radius 3 is 2.83 bits per heavy atom. The summed E-state index contributed by atoms with van der Waals surface area (Å²) in [5.74, 6) is 0. The molecule has 3 heterocycles. The van der Waals surface area contributed by atoms with Crippen LogP contribution < -0.4 is 0 Å². The molecule has 1 N–H and O–H groups in total. The van der Waals surface area contributed by atoms with Gasteiger partial charge in [0.1, 0.15) is 0 Å². The summed E-state index contributed by atoms with van der Waals surface area (Å²) < 4.78 is 2.09. The molecule has 1 aromatic carbocycles. The molecule has 1 radical (unpaired) electrons. The monoisotopic (exact) mass is 231 g/mol. The molecule has 0 saturated heterocycles. The molecule has 2 heteroatoms. The van der Waals surface area contributed by atoms with E-state index in [0.717, 1.165) is 16.8 Å². The molecular formula is C16H11N2. The van der Waals surface area contributed by atoms with Gasteiger partial charge in [-0.15, -0.1) is 0 Å². The number of nitrogens with one attached hydrogen (secondary N) is 1. The number of hydrogen-bond donors (Lipinski definition) is 1. The van der Waals surface area contributed by atoms with Gasteiger partial charge in [0, 0.05) is 35.6 Å². The summed E-state index contributed by atoms with van der Waals surface area (Å²) in [5.41, 5.74) is 3.32. The van der Waals surface area contributed by atoms with E-state index in [1.807, 2.05) is 24.5 Å². The van der Waals surface area contributed by atoms with Gasteiger partial charge in [-0.2, -0.15) is 0 Å². The molecule has 85 valence electrons. The van der Waals surface area contributed by atoms with Crippen LogP contribution in [-0.2, 0) is 0 Å². The van der Waals surface area contributed by atoms with Crippen LogP contribution in [0.5, 0.6) is 0 Å². The van der Waals surface area contributed by atoms with Gasteiger partial charge in [0.2, 0.25) is 0 Å². The van der Waals surface area contributed by atoms with E-state index < -0.39 is 0 Å². The van der Waals surface area contributed by atoms with E-state index in [1.165, 1.54) is 10.8 Å². The predicted molar refractivity (Wildman–Crippen MR) is 73.5 cm³/mol. The minimum Gasteiger partial charge on any atom is -0.360 e. The van der Waals surface area contributed by atoms with Crippen LogP contribution in [-0.4, -0.2) is 9.38 Å². The van der Waals surface area contributed by atoms with E-state index in [4.69, 9.17) is 0 Å². The van der Waals surface area contributed by atoms with Crippen LogP contribution in [0.25, 0.3) is 27.5 Å². The predicted octanol–water partition coefficient (Wildman–Crippen LogP) is 3.89. The molecule has 4 aromatic rings. The maximum atomic E-state index is 3.42. The number of aromatic amines is 1. The van der Waals surface area contributed by atoms with Crippen LogP contribution in [0.4, 0.5) is 0 Å². The van der Waals surface area contributed by atoms with Crippen molar-refractivity contribution in [3.63, 3.8) is 0 Å². The highest BCUT2D eigenvalue weighted by molar-refractivity contribution is 5.96. The lowest BCUT2D eigenvalue weighted by Crippen LogP contribution is -1.77. The summed E-state index contributed by atoms with van der Waals surface area (Å²) in [6, 6.07) is 17.9. The van der Waals surface area contributed by atoms with E-state index in [0.29, 0.717) is 0 Å². The van der Waals surface area contributed by atoms with Gasteiger partial charge in [0.15, 0.2) is 0 Å². The molecule has 0 spiro atoms. The minimum atomic E-state index is 1.09. The fraction of sp³-hybridized carbons (Fsp3) is 0. The summed E-state index contributed by atoms with van der Waals surface area (Å²) in [5, 5.41) is 2.47. The van der Waals surface area contributed by atoms with Crippen LogP contribution in [0, 0.1) is 6.07 Å². The van der Waals surface area contributed by atoms with Gasteiger partial charge in [0.05, 0.1) is 11.2 Å². The first kappa shape index (κ1) is 9.54. The van der Waals surface area contributed by atoms with Gasteiger partial charge in [-0.25, -0.2) is 0 Å². The smallest absolute Gasteiger partial charge is 0.0555 e. The standard InChI is InChI=1S/C16H11N2/c1-2-7-15-12(5-1)10-17-16(15)13-9-14-6-3-4-8-18(14)11-13/h1-8,10-11,17H. The molecule has 0 aliphatic carbocycles. The Bertz CT molecular complexity index is 803. The maximum absolute atomic E-state index is 3.42. The van der Waals surface area contributed by atoms with Crippen molar-refractivity contribution in [1.82, 2.24) is 9.38 Å². The summed E-state index contributed by atoms with van der Waals surface area (Å²) in [4.78, 5) is 3.35. The molecule has 0 bridgehead atoms. The van der Waals surface area contributed by atoms with Gasteiger partial charge in [-0.1, -0.05) is 30.3 Å². The van der Waals surface area contributed by atoms with Crippen molar-refractivity contribution in [1.29, 1.82) is 0 Å². The van der Waals surface area contributed by atoms with Crippen molar-refractivity contribution in [2.45, 2.75) is 0 Å². The molecule has 2 nitrogen and oxygen atoms in total. The third-order valence-electron chi connectivity index (χ3n) is 3.29. The molecule has 3 aromatic heterocycles. The topological polar surface area (TPSA) is 20.2 Å². The fourth-order valence-corrected chi connectivity index (χ4v) is 2.41. The number of benzene rings is 1. The second-order valence-corrected chi connectivity index (χ2v) is 4.41. The zero-order valence-corrected chi connectivity index (χ0v) is 9.72. The number of hydrogen-bond acceptors (Lipinski definition) is 0. The molecule has 0 atom stereocenters. The SMILES string of the molecule is [c]1c(-c2[nH]cc3ccccc23)cn2ccccc12. The minimum absolute atomic E-state index is 1.09. The number of pyridine rings is 1. The first-order chi connectivity index (χ1) is 8.92. The number of fused-ring (bicyclic) bond motifs is 2. The Morgan fingerprint density at radius 1 is 1.00 bits per heavy atom. The Kier molecular flexibility index (Phi) is 1.86. The molecule has 0 fully saturated rings. The fourth-order valence-electron chi connectivity index (χ4n) is 2.41. The van der Waals surface area contributed by atoms with Gasteiger partial charge >= 0.3 is 0 Å². The molecule has 0 aliphatic heterocycles. The molecule has 4 rings (SSSR count). The normalized spacial score (nSPS) is 11.3. The van der Waals surface area contributed by atoms with E-state index in [2.05, 4.69) is 52.0 Å². The Labute approximate surface area is 104 Å². The third-order valence-corrected chi connectivity index (χ3v) is 3.29. The van der Waals surface area contributed by atoms with Gasteiger partial charge < -0.3 is 9.38 Å². The largest absolute Gasteiger partial charge is 0.360 e. The Hall–Kier alpha value is -2.48. The maximum Gasteiger partial charge on any atom is 0.0555 e. The summed E-state index contributed by atoms with van der Waals surface area (Å²) in [7, 11) is 0. The lowest BCUT2D eigenvalue weighted by Gasteiger charge is -1.94. The first-order valence-corrected chi connectivity index (χ1v) is 5.97. The number of rotatable bonds is 1. The van der Waals surface area contributed by atoms with E-state index in [9.17, 15) is 0 Å². The van der Waals surface area contributed by atoms with Crippen molar-refractivity contribution in [3.05, 3.63) is 67.1 Å². The first-order valence-electron chi connectivity index (χ1n) is 5.97. The third kappa shape index (κ3) is 1.29. The lowest BCUT2D eigenvalue weighted by atomic mass is 10.1. The second kappa shape index (κ2) is 3.50. The Balaban J connectivity index is 2.01. The lowest BCUT2D eigenvalue weighted by molar-refractivity contribution is 1.20. The zero-order chi connectivity index (χ0) is 11.9. The van der Waals surface area contributed by atoms with Crippen molar-refractivity contribution < 1.29 is 0 Å². The van der Waals surface area contributed by atoms with Crippen LogP contribution in [0.3, 0.4) is 0 Å². The number of aromatic nitrogens is 2. The second-order valence-electron chi connectivity index (χ2n) is 4.41. The zero-order valence-electron chi connectivity index (χ0n) is 9.72. The average molecular weight is 231 g/mol. The summed E-state index contributed by atoms with van der Waals surface area (Å²) >= 11 is 0. The van der Waals surface area contributed by atoms with Crippen molar-refractivity contribution in [2.75, 3.05) is 0 Å². The average Bonchev–Trinajstić information content (AvgIpc) is 3.02. The quantitative estimate of drug-likeness (QED) is 0.513. The van der Waals surface area contributed by atoms with E-state index in [1.54, 1.807) is 0 Å². The highest BCUT2D eigenvalue weighted by Gasteiger charge is 2.07. The summed E-state index contributed by atoms with van der Waals surface area (Å²) in [6.45, 7) is 0. The molecule has 0 unspecified atom stereocenters. The molecule has 0 aliphatic rings. The molecular weight excluding hydrogens is 220 g/mol. The van der Waals surface area contributed by atoms with Crippen LogP contribution >= 0.6 is 0 Å². The van der Waals surface area contributed by atoms with Crippen molar-refractivity contribution in [3.8, 4) is 11.3 Å². The van der Waals surface area contributed by atoms with Gasteiger partial charge in [0.25, 0.3) is 0 Å². The number of nitrogens with zero attached hydrogens (tertiary/aromatic N) is 1. The summed E-state index contributed by atoms with van der Waals surface area (Å²) in [6.07, 6.45) is 6.19. The van der Waals surface area contributed by atoms with Crippen LogP contribution in [0.1, 0.15) is 0 Å². The molecule has 18 heavy (non-hydrogen) atoms. The van der Waals surface area contributed by atoms with Gasteiger partial charge in [-0.05, 0) is 17.5 Å². The van der Waals surface area contributed by atoms with Gasteiger partial charge in [-0.3, -0.25) is 0 Å². The molecule has 0 saturated carbocycles. The number of H-pyrrole nitrogens is 1. The van der Waals surface area contributed by atoms with Crippen molar-refractivity contribution in [2.24, 2.45) is 0 Å². The van der Waals surface area contributed by atoms with Crippen LogP contribution in [0.2, 0.25) is 0 Å². The highest BCUT2D eigenvalue weighted by Crippen LogP contribution is 2.28. The van der Waals surface area contributed by atoms with Crippen LogP contribution in [0.15, 0.2) is 61.1 Å². The van der Waals surface area contributed by atoms with E-state index >= 15 is 0 Å².